The van der Waals surface area contributed by atoms with Crippen LogP contribution in [0.3, 0.4) is 0 Å². The second kappa shape index (κ2) is 4.87. The van der Waals surface area contributed by atoms with E-state index in [4.69, 9.17) is 9.47 Å². The van der Waals surface area contributed by atoms with Crippen molar-refractivity contribution >= 4 is 12.1 Å². The van der Waals surface area contributed by atoms with Crippen LogP contribution in [0.15, 0.2) is 11.6 Å². The first-order chi connectivity index (χ1) is 8.81. The van der Waals surface area contributed by atoms with Gasteiger partial charge in [0.25, 0.3) is 0 Å². The Morgan fingerprint density at radius 3 is 2.42 bits per heavy atom. The van der Waals surface area contributed by atoms with Crippen molar-refractivity contribution in [2.24, 2.45) is 5.92 Å². The van der Waals surface area contributed by atoms with Crippen molar-refractivity contribution in [2.45, 2.75) is 45.3 Å². The van der Waals surface area contributed by atoms with Gasteiger partial charge in [-0.05, 0) is 51.2 Å². The van der Waals surface area contributed by atoms with Crippen LogP contribution in [0.4, 0.5) is 4.79 Å². The largest absolute Gasteiger partial charge is 0.467 e. The molecule has 0 aromatic rings. The number of rotatable bonds is 2. The molecule has 0 spiro atoms. The van der Waals surface area contributed by atoms with Gasteiger partial charge in [-0.1, -0.05) is 0 Å². The van der Waals surface area contributed by atoms with Crippen molar-refractivity contribution in [3.63, 3.8) is 0 Å². The molecular weight excluding hydrogens is 246 g/mol. The van der Waals surface area contributed by atoms with Crippen molar-refractivity contribution in [3.8, 4) is 0 Å². The Hall–Kier alpha value is -1.52. The minimum absolute atomic E-state index is 0.415. The number of carbonyl (C=O) groups is 2. The quantitative estimate of drug-likeness (QED) is 0.568. The van der Waals surface area contributed by atoms with Gasteiger partial charge in [0.15, 0.2) is 6.04 Å². The molecule has 0 bridgehead atoms. The summed E-state index contributed by atoms with van der Waals surface area (Å²) < 4.78 is 10.1. The normalized spacial score (nSPS) is 23.1. The summed E-state index contributed by atoms with van der Waals surface area (Å²) in [5, 5.41) is 0. The zero-order valence-corrected chi connectivity index (χ0v) is 11.9. The topological polar surface area (TPSA) is 55.8 Å². The van der Waals surface area contributed by atoms with Gasteiger partial charge >= 0.3 is 12.1 Å². The Morgan fingerprint density at radius 2 is 1.95 bits per heavy atom. The Labute approximate surface area is 113 Å². The van der Waals surface area contributed by atoms with Crippen molar-refractivity contribution in [1.82, 2.24) is 4.90 Å². The lowest BCUT2D eigenvalue weighted by atomic mass is 10.1. The third kappa shape index (κ3) is 3.28. The molecular formula is C14H21NO4. The Morgan fingerprint density at radius 1 is 1.32 bits per heavy atom. The molecule has 1 aliphatic carbocycles. The highest BCUT2D eigenvalue weighted by molar-refractivity contribution is 5.85. The number of methoxy groups -OCH3 is 1. The van der Waals surface area contributed by atoms with Crippen LogP contribution in [0.25, 0.3) is 0 Å². The standard InChI is InChI=1S/C14H21NO4/c1-14(2,3)19-13(17)15-8-10(9-5-6-9)7-11(15)12(16)18-4/h7,9,11H,5-6,8H2,1-4H3/t11-/m0/s1. The summed E-state index contributed by atoms with van der Waals surface area (Å²) in [7, 11) is 1.33. The van der Waals surface area contributed by atoms with Gasteiger partial charge in [0.2, 0.25) is 0 Å². The number of carbonyl (C=O) groups excluding carboxylic acids is 2. The lowest BCUT2D eigenvalue weighted by Crippen LogP contribution is -2.44. The third-order valence-electron chi connectivity index (χ3n) is 3.23. The van der Waals surface area contributed by atoms with E-state index in [-0.39, 0.29) is 0 Å². The molecule has 1 aliphatic heterocycles. The van der Waals surface area contributed by atoms with Gasteiger partial charge < -0.3 is 9.47 Å². The van der Waals surface area contributed by atoms with Gasteiger partial charge in [0.1, 0.15) is 5.60 Å². The first-order valence-electron chi connectivity index (χ1n) is 6.60. The molecule has 1 saturated carbocycles. The van der Waals surface area contributed by atoms with E-state index in [1.807, 2.05) is 26.8 Å². The second-order valence-electron chi connectivity index (χ2n) is 6.09. The van der Waals surface area contributed by atoms with Gasteiger partial charge in [-0.3, -0.25) is 4.90 Å². The number of amides is 1. The monoisotopic (exact) mass is 267 g/mol. The van der Waals surface area contributed by atoms with E-state index in [0.717, 1.165) is 18.4 Å². The third-order valence-corrected chi connectivity index (χ3v) is 3.23. The van der Waals surface area contributed by atoms with Crippen molar-refractivity contribution < 1.29 is 19.1 Å². The molecule has 1 fully saturated rings. The summed E-state index contributed by atoms with van der Waals surface area (Å²) >= 11 is 0. The van der Waals surface area contributed by atoms with Gasteiger partial charge in [-0.25, -0.2) is 9.59 Å². The lowest BCUT2D eigenvalue weighted by Gasteiger charge is -2.27. The minimum atomic E-state index is -0.643. The van der Waals surface area contributed by atoms with E-state index < -0.39 is 23.7 Å². The van der Waals surface area contributed by atoms with Crippen LogP contribution in [0.1, 0.15) is 33.6 Å². The molecule has 0 saturated heterocycles. The molecule has 19 heavy (non-hydrogen) atoms. The zero-order chi connectivity index (χ0) is 14.2. The van der Waals surface area contributed by atoms with Gasteiger partial charge in [0, 0.05) is 6.54 Å². The van der Waals surface area contributed by atoms with Crippen LogP contribution in [0.5, 0.6) is 0 Å². The van der Waals surface area contributed by atoms with Gasteiger partial charge in [-0.15, -0.1) is 0 Å². The molecule has 5 nitrogen and oxygen atoms in total. The number of esters is 1. The van der Waals surface area contributed by atoms with Crippen molar-refractivity contribution in [2.75, 3.05) is 13.7 Å². The predicted molar refractivity (Wildman–Crippen MR) is 69.6 cm³/mol. The molecule has 0 unspecified atom stereocenters. The fourth-order valence-corrected chi connectivity index (χ4v) is 2.17. The zero-order valence-electron chi connectivity index (χ0n) is 11.9. The first-order valence-corrected chi connectivity index (χ1v) is 6.60. The molecule has 0 N–H and O–H groups in total. The molecule has 1 heterocycles. The summed E-state index contributed by atoms with van der Waals surface area (Å²) in [6.45, 7) is 5.90. The van der Waals surface area contributed by atoms with Crippen LogP contribution < -0.4 is 0 Å². The van der Waals surface area contributed by atoms with E-state index in [2.05, 4.69) is 0 Å². The first kappa shape index (κ1) is 13.9. The highest BCUT2D eigenvalue weighted by atomic mass is 16.6. The second-order valence-corrected chi connectivity index (χ2v) is 6.09. The maximum atomic E-state index is 12.1. The molecule has 2 aliphatic rings. The number of hydrogen-bond donors (Lipinski definition) is 0. The van der Waals surface area contributed by atoms with Crippen molar-refractivity contribution in [3.05, 3.63) is 11.6 Å². The SMILES string of the molecule is COC(=O)[C@@H]1C=C(C2CC2)CN1C(=O)OC(C)(C)C. The summed E-state index contributed by atoms with van der Waals surface area (Å²) in [6.07, 6.45) is 3.67. The fourth-order valence-electron chi connectivity index (χ4n) is 2.17. The van der Waals surface area contributed by atoms with Crippen LogP contribution in [0.2, 0.25) is 0 Å². The summed E-state index contributed by atoms with van der Waals surface area (Å²) in [6, 6.07) is -0.643. The number of hydrogen-bond acceptors (Lipinski definition) is 4. The molecule has 0 aromatic heterocycles. The van der Waals surface area contributed by atoms with Crippen LogP contribution in [-0.2, 0) is 14.3 Å². The van der Waals surface area contributed by atoms with E-state index in [1.54, 1.807) is 0 Å². The average Bonchev–Trinajstić information content (AvgIpc) is 3.05. The predicted octanol–water partition coefficient (Wildman–Crippen LogP) is 2.12. The smallest absolute Gasteiger partial charge is 0.411 e. The summed E-state index contributed by atoms with van der Waals surface area (Å²) in [5.74, 6) is 0.112. The van der Waals surface area contributed by atoms with Crippen LogP contribution >= 0.6 is 0 Å². The average molecular weight is 267 g/mol. The Kier molecular flexibility index (Phi) is 3.56. The van der Waals surface area contributed by atoms with Gasteiger partial charge in [-0.2, -0.15) is 0 Å². The molecule has 106 valence electrons. The summed E-state index contributed by atoms with van der Waals surface area (Å²) in [5.41, 5.74) is 0.585. The van der Waals surface area contributed by atoms with Crippen molar-refractivity contribution in [1.29, 1.82) is 0 Å². The van der Waals surface area contributed by atoms with E-state index >= 15 is 0 Å². The Bertz CT molecular complexity index is 418. The Balaban J connectivity index is 2.10. The van der Waals surface area contributed by atoms with Crippen LogP contribution in [-0.4, -0.2) is 42.3 Å². The number of nitrogens with zero attached hydrogens (tertiary/aromatic N) is 1. The maximum Gasteiger partial charge on any atom is 0.411 e. The summed E-state index contributed by atoms with van der Waals surface area (Å²) in [4.78, 5) is 25.4. The minimum Gasteiger partial charge on any atom is -0.467 e. The number of ether oxygens (including phenoxy) is 2. The maximum absolute atomic E-state index is 12.1. The van der Waals surface area contributed by atoms with Crippen LogP contribution in [0, 0.1) is 5.92 Å². The highest BCUT2D eigenvalue weighted by Gasteiger charge is 2.41. The van der Waals surface area contributed by atoms with E-state index in [9.17, 15) is 9.59 Å². The molecule has 0 aromatic carbocycles. The van der Waals surface area contributed by atoms with E-state index in [1.165, 1.54) is 12.0 Å². The lowest BCUT2D eigenvalue weighted by molar-refractivity contribution is -0.144. The highest BCUT2D eigenvalue weighted by Crippen LogP contribution is 2.40. The molecule has 0 radical (unpaired) electrons. The molecule has 5 heteroatoms. The molecule has 2 rings (SSSR count). The van der Waals surface area contributed by atoms with Gasteiger partial charge in [0.05, 0.1) is 7.11 Å². The molecule has 1 atom stereocenters. The van der Waals surface area contributed by atoms with E-state index in [0.29, 0.717) is 12.5 Å². The molecule has 1 amide bonds. The fraction of sp³-hybridized carbons (Fsp3) is 0.714.